The summed E-state index contributed by atoms with van der Waals surface area (Å²) in [6.07, 6.45) is 1.35. The first-order valence-electron chi connectivity index (χ1n) is 8.02. The molecule has 128 valence electrons. The number of rotatable bonds is 4. The van der Waals surface area contributed by atoms with Gasteiger partial charge in [-0.2, -0.15) is 5.26 Å². The Balaban J connectivity index is 1.75. The third-order valence-corrected chi connectivity index (χ3v) is 3.67. The molecule has 0 radical (unpaired) electrons. The summed E-state index contributed by atoms with van der Waals surface area (Å²) in [5.41, 5.74) is 4.55. The average molecular weight is 343 g/mol. The molecule has 6 heteroatoms. The standard InChI is InChI=1S/C20H17N5O/c1-13-7-14(2)9-17(8-13)24-19-10-18(22-12-23-19)20(26)25-16-5-3-15(11-21)4-6-16/h3-10,12H,1-2H3,(H,25,26)(H,22,23,24). The number of anilines is 3. The molecule has 0 atom stereocenters. The summed E-state index contributed by atoms with van der Waals surface area (Å²) < 4.78 is 0. The molecule has 26 heavy (non-hydrogen) atoms. The van der Waals surface area contributed by atoms with Crippen LogP contribution in [-0.4, -0.2) is 15.9 Å². The van der Waals surface area contributed by atoms with Crippen LogP contribution in [0.4, 0.5) is 17.2 Å². The van der Waals surface area contributed by atoms with Gasteiger partial charge in [-0.05, 0) is 61.4 Å². The maximum atomic E-state index is 12.4. The van der Waals surface area contributed by atoms with Crippen LogP contribution in [0, 0.1) is 25.2 Å². The summed E-state index contributed by atoms with van der Waals surface area (Å²) in [7, 11) is 0. The van der Waals surface area contributed by atoms with E-state index in [2.05, 4.69) is 26.7 Å². The quantitative estimate of drug-likeness (QED) is 0.748. The number of hydrogen-bond donors (Lipinski definition) is 2. The van der Waals surface area contributed by atoms with E-state index in [1.54, 1.807) is 30.3 Å². The number of carbonyl (C=O) groups is 1. The van der Waals surface area contributed by atoms with Gasteiger partial charge in [0, 0.05) is 17.4 Å². The molecular formula is C20H17N5O. The van der Waals surface area contributed by atoms with Gasteiger partial charge in [0.1, 0.15) is 17.8 Å². The van der Waals surface area contributed by atoms with Gasteiger partial charge in [0.05, 0.1) is 11.6 Å². The zero-order chi connectivity index (χ0) is 18.5. The molecular weight excluding hydrogens is 326 g/mol. The predicted octanol–water partition coefficient (Wildman–Crippen LogP) is 3.96. The number of benzene rings is 2. The predicted molar refractivity (Wildman–Crippen MR) is 100 cm³/mol. The van der Waals surface area contributed by atoms with Gasteiger partial charge in [-0.25, -0.2) is 9.97 Å². The van der Waals surface area contributed by atoms with Crippen molar-refractivity contribution in [3.8, 4) is 6.07 Å². The fraction of sp³-hybridized carbons (Fsp3) is 0.100. The number of carbonyl (C=O) groups excluding carboxylic acids is 1. The van der Waals surface area contributed by atoms with Crippen LogP contribution < -0.4 is 10.6 Å². The van der Waals surface area contributed by atoms with Crippen molar-refractivity contribution in [1.82, 2.24) is 9.97 Å². The lowest BCUT2D eigenvalue weighted by molar-refractivity contribution is 0.102. The zero-order valence-electron chi connectivity index (χ0n) is 14.4. The van der Waals surface area contributed by atoms with E-state index in [4.69, 9.17) is 5.26 Å². The largest absolute Gasteiger partial charge is 0.340 e. The normalized spacial score (nSPS) is 10.0. The number of nitrogens with one attached hydrogen (secondary N) is 2. The zero-order valence-corrected chi connectivity index (χ0v) is 14.4. The van der Waals surface area contributed by atoms with E-state index in [0.29, 0.717) is 17.1 Å². The van der Waals surface area contributed by atoms with Crippen molar-refractivity contribution in [3.05, 3.63) is 77.2 Å². The van der Waals surface area contributed by atoms with Gasteiger partial charge < -0.3 is 10.6 Å². The molecule has 0 spiro atoms. The molecule has 2 N–H and O–H groups in total. The lowest BCUT2D eigenvalue weighted by Gasteiger charge is -2.09. The van der Waals surface area contributed by atoms with Gasteiger partial charge >= 0.3 is 0 Å². The molecule has 2 aromatic carbocycles. The van der Waals surface area contributed by atoms with Crippen LogP contribution in [0.25, 0.3) is 0 Å². The number of amides is 1. The van der Waals surface area contributed by atoms with Crippen LogP contribution in [-0.2, 0) is 0 Å². The second kappa shape index (κ2) is 7.45. The first-order chi connectivity index (χ1) is 12.5. The Hall–Kier alpha value is -3.72. The number of aromatic nitrogens is 2. The lowest BCUT2D eigenvalue weighted by atomic mass is 10.1. The maximum absolute atomic E-state index is 12.4. The van der Waals surface area contributed by atoms with Crippen molar-refractivity contribution in [2.75, 3.05) is 10.6 Å². The molecule has 1 amide bonds. The molecule has 1 heterocycles. The summed E-state index contributed by atoms with van der Waals surface area (Å²) in [5, 5.41) is 14.8. The van der Waals surface area contributed by atoms with Crippen LogP contribution in [0.3, 0.4) is 0 Å². The summed E-state index contributed by atoms with van der Waals surface area (Å²) in [5.74, 6) is 0.190. The van der Waals surface area contributed by atoms with Gasteiger partial charge in [-0.15, -0.1) is 0 Å². The minimum Gasteiger partial charge on any atom is -0.340 e. The van der Waals surface area contributed by atoms with Crippen molar-refractivity contribution in [2.45, 2.75) is 13.8 Å². The van der Waals surface area contributed by atoms with Crippen molar-refractivity contribution in [3.63, 3.8) is 0 Å². The summed E-state index contributed by atoms with van der Waals surface area (Å²) in [6, 6.07) is 16.4. The molecule has 3 rings (SSSR count). The highest BCUT2D eigenvalue weighted by Crippen LogP contribution is 2.19. The van der Waals surface area contributed by atoms with Crippen molar-refractivity contribution >= 4 is 23.1 Å². The smallest absolute Gasteiger partial charge is 0.274 e. The van der Waals surface area contributed by atoms with Gasteiger partial charge in [0.2, 0.25) is 0 Å². The molecule has 3 aromatic rings. The second-order valence-corrected chi connectivity index (χ2v) is 5.93. The monoisotopic (exact) mass is 343 g/mol. The van der Waals surface area contributed by atoms with E-state index < -0.39 is 0 Å². The molecule has 0 aliphatic heterocycles. The van der Waals surface area contributed by atoms with E-state index in [-0.39, 0.29) is 11.6 Å². The lowest BCUT2D eigenvalue weighted by Crippen LogP contribution is -2.14. The van der Waals surface area contributed by atoms with Gasteiger partial charge in [0.25, 0.3) is 5.91 Å². The van der Waals surface area contributed by atoms with Gasteiger partial charge in [-0.3, -0.25) is 4.79 Å². The Morgan fingerprint density at radius 3 is 2.31 bits per heavy atom. The molecule has 1 aromatic heterocycles. The maximum Gasteiger partial charge on any atom is 0.274 e. The second-order valence-electron chi connectivity index (χ2n) is 5.93. The highest BCUT2D eigenvalue weighted by atomic mass is 16.1. The third-order valence-electron chi connectivity index (χ3n) is 3.67. The molecule has 0 fully saturated rings. The van der Waals surface area contributed by atoms with E-state index in [1.807, 2.05) is 32.0 Å². The van der Waals surface area contributed by atoms with E-state index in [9.17, 15) is 4.79 Å². The van der Waals surface area contributed by atoms with Crippen molar-refractivity contribution in [1.29, 1.82) is 5.26 Å². The molecule has 0 saturated carbocycles. The van der Waals surface area contributed by atoms with Crippen LogP contribution in [0.5, 0.6) is 0 Å². The van der Waals surface area contributed by atoms with Crippen LogP contribution in [0.15, 0.2) is 54.9 Å². The summed E-state index contributed by atoms with van der Waals surface area (Å²) >= 11 is 0. The number of nitriles is 1. The molecule has 0 saturated heterocycles. The van der Waals surface area contributed by atoms with E-state index in [1.165, 1.54) is 6.33 Å². The SMILES string of the molecule is Cc1cc(C)cc(Nc2cc(C(=O)Nc3ccc(C#N)cc3)ncn2)c1. The Morgan fingerprint density at radius 2 is 1.65 bits per heavy atom. The van der Waals surface area contributed by atoms with E-state index in [0.717, 1.165) is 16.8 Å². The number of aryl methyl sites for hydroxylation is 2. The fourth-order valence-electron chi connectivity index (χ4n) is 2.57. The van der Waals surface area contributed by atoms with Crippen molar-refractivity contribution < 1.29 is 4.79 Å². The minimum atomic E-state index is -0.347. The highest BCUT2D eigenvalue weighted by molar-refractivity contribution is 6.03. The molecule has 0 aliphatic carbocycles. The summed E-state index contributed by atoms with van der Waals surface area (Å²) in [4.78, 5) is 20.6. The first-order valence-corrected chi connectivity index (χ1v) is 8.02. The molecule has 0 aliphatic rings. The fourth-order valence-corrected chi connectivity index (χ4v) is 2.57. The Bertz CT molecular complexity index is 970. The molecule has 0 bridgehead atoms. The van der Waals surface area contributed by atoms with Crippen molar-refractivity contribution in [2.24, 2.45) is 0 Å². The molecule has 6 nitrogen and oxygen atoms in total. The molecule has 0 unspecified atom stereocenters. The van der Waals surface area contributed by atoms with Gasteiger partial charge in [-0.1, -0.05) is 6.07 Å². The Kier molecular flexibility index (Phi) is 4.90. The number of hydrogen-bond acceptors (Lipinski definition) is 5. The minimum absolute atomic E-state index is 0.247. The van der Waals surface area contributed by atoms with Crippen LogP contribution in [0.2, 0.25) is 0 Å². The highest BCUT2D eigenvalue weighted by Gasteiger charge is 2.10. The van der Waals surface area contributed by atoms with Crippen LogP contribution >= 0.6 is 0 Å². The third kappa shape index (κ3) is 4.22. The van der Waals surface area contributed by atoms with Crippen LogP contribution in [0.1, 0.15) is 27.2 Å². The van der Waals surface area contributed by atoms with E-state index >= 15 is 0 Å². The number of nitrogens with zero attached hydrogens (tertiary/aromatic N) is 3. The topological polar surface area (TPSA) is 90.7 Å². The Labute approximate surface area is 151 Å². The average Bonchev–Trinajstić information content (AvgIpc) is 2.61. The first kappa shape index (κ1) is 17.1. The summed E-state index contributed by atoms with van der Waals surface area (Å²) in [6.45, 7) is 4.04. The van der Waals surface area contributed by atoms with Gasteiger partial charge in [0.15, 0.2) is 0 Å². The Morgan fingerprint density at radius 1 is 0.962 bits per heavy atom.